The van der Waals surface area contributed by atoms with Gasteiger partial charge in [0.25, 0.3) is 0 Å². The van der Waals surface area contributed by atoms with Crippen LogP contribution in [0.1, 0.15) is 77.6 Å². The van der Waals surface area contributed by atoms with Gasteiger partial charge in [0.15, 0.2) is 0 Å². The highest BCUT2D eigenvalue weighted by Crippen LogP contribution is 2.42. The van der Waals surface area contributed by atoms with Crippen molar-refractivity contribution >= 4 is 11.8 Å². The Balaban J connectivity index is 1.63. The summed E-state index contributed by atoms with van der Waals surface area (Å²) in [6.07, 6.45) is 12.1. The molecule has 0 bridgehead atoms. The number of nitrogens with zero attached hydrogens (tertiary/aromatic N) is 1. The standard InChI is InChI=1S/C18H30N2O2/c1-2-3-11-16(17(21)19-13-8-5-4-6-9-13)20-15-12-7-10-14(15)18(20)22/h13-16H,2-12H2,1H3,(H,19,21). The maximum Gasteiger partial charge on any atom is 0.243 e. The highest BCUT2D eigenvalue weighted by molar-refractivity contribution is 5.93. The van der Waals surface area contributed by atoms with E-state index in [1.165, 1.54) is 19.3 Å². The fourth-order valence-electron chi connectivity index (χ4n) is 4.56. The number of β-lactam (4-membered cyclic amide) rings is 1. The third kappa shape index (κ3) is 3.02. The second-order valence-corrected chi connectivity index (χ2v) is 7.35. The van der Waals surface area contributed by atoms with Crippen molar-refractivity contribution < 1.29 is 9.59 Å². The summed E-state index contributed by atoms with van der Waals surface area (Å²) in [6.45, 7) is 2.15. The van der Waals surface area contributed by atoms with Crippen molar-refractivity contribution in [1.82, 2.24) is 10.2 Å². The maximum absolute atomic E-state index is 12.8. The van der Waals surface area contributed by atoms with Crippen molar-refractivity contribution in [2.24, 2.45) is 5.92 Å². The van der Waals surface area contributed by atoms with Crippen molar-refractivity contribution in [3.05, 3.63) is 0 Å². The average Bonchev–Trinajstić information content (AvgIpc) is 2.96. The van der Waals surface area contributed by atoms with Gasteiger partial charge in [0.2, 0.25) is 11.8 Å². The molecule has 0 radical (unpaired) electrons. The lowest BCUT2D eigenvalue weighted by Crippen LogP contribution is -2.65. The molecule has 0 aromatic rings. The van der Waals surface area contributed by atoms with Gasteiger partial charge in [0.05, 0.1) is 5.92 Å². The molecule has 124 valence electrons. The van der Waals surface area contributed by atoms with Gasteiger partial charge in [-0.1, -0.05) is 45.4 Å². The predicted octanol–water partition coefficient (Wildman–Crippen LogP) is 3.01. The van der Waals surface area contributed by atoms with Crippen LogP contribution < -0.4 is 5.32 Å². The van der Waals surface area contributed by atoms with Gasteiger partial charge in [0.1, 0.15) is 6.04 Å². The van der Waals surface area contributed by atoms with Crippen LogP contribution in [0.5, 0.6) is 0 Å². The summed E-state index contributed by atoms with van der Waals surface area (Å²) >= 11 is 0. The van der Waals surface area contributed by atoms with Gasteiger partial charge >= 0.3 is 0 Å². The minimum absolute atomic E-state index is 0.110. The van der Waals surface area contributed by atoms with E-state index in [2.05, 4.69) is 12.2 Å². The van der Waals surface area contributed by atoms with Crippen molar-refractivity contribution in [3.8, 4) is 0 Å². The Kier molecular flexibility index (Phi) is 5.04. The molecule has 4 heteroatoms. The smallest absolute Gasteiger partial charge is 0.243 e. The number of hydrogen-bond acceptors (Lipinski definition) is 2. The summed E-state index contributed by atoms with van der Waals surface area (Å²) in [4.78, 5) is 27.1. The topological polar surface area (TPSA) is 49.4 Å². The van der Waals surface area contributed by atoms with Crippen LogP contribution in [-0.4, -0.2) is 34.8 Å². The summed E-state index contributed by atoms with van der Waals surface area (Å²) in [5.74, 6) is 0.577. The van der Waals surface area contributed by atoms with Crippen molar-refractivity contribution in [2.75, 3.05) is 0 Å². The summed E-state index contributed by atoms with van der Waals surface area (Å²) in [5, 5.41) is 3.24. The molecule has 0 spiro atoms. The van der Waals surface area contributed by atoms with Crippen molar-refractivity contribution in [3.63, 3.8) is 0 Å². The molecule has 1 saturated heterocycles. The highest BCUT2D eigenvalue weighted by Gasteiger charge is 2.53. The van der Waals surface area contributed by atoms with Gasteiger partial charge in [-0.25, -0.2) is 0 Å². The third-order valence-corrected chi connectivity index (χ3v) is 5.83. The third-order valence-electron chi connectivity index (χ3n) is 5.83. The molecular weight excluding hydrogens is 276 g/mol. The van der Waals surface area contributed by atoms with E-state index in [1.54, 1.807) is 0 Å². The zero-order valence-corrected chi connectivity index (χ0v) is 13.9. The van der Waals surface area contributed by atoms with E-state index in [0.29, 0.717) is 12.1 Å². The van der Waals surface area contributed by atoms with E-state index in [-0.39, 0.29) is 23.8 Å². The molecule has 0 aromatic carbocycles. The quantitative estimate of drug-likeness (QED) is 0.767. The first-order valence-electron chi connectivity index (χ1n) is 9.35. The number of amides is 2. The fourth-order valence-corrected chi connectivity index (χ4v) is 4.56. The number of carbonyl (C=O) groups excluding carboxylic acids is 2. The van der Waals surface area contributed by atoms with E-state index >= 15 is 0 Å². The van der Waals surface area contributed by atoms with Crippen molar-refractivity contribution in [1.29, 1.82) is 0 Å². The average molecular weight is 306 g/mol. The van der Waals surface area contributed by atoms with Crippen LogP contribution in [-0.2, 0) is 9.59 Å². The van der Waals surface area contributed by atoms with Crippen LogP contribution in [0.2, 0.25) is 0 Å². The molecule has 3 atom stereocenters. The Hall–Kier alpha value is -1.06. The van der Waals surface area contributed by atoms with Crippen LogP contribution in [0.25, 0.3) is 0 Å². The normalized spacial score (nSPS) is 29.9. The second-order valence-electron chi connectivity index (χ2n) is 7.35. The van der Waals surface area contributed by atoms with E-state index in [4.69, 9.17) is 0 Å². The molecule has 4 nitrogen and oxygen atoms in total. The Morgan fingerprint density at radius 1 is 1.18 bits per heavy atom. The van der Waals surface area contributed by atoms with Gasteiger partial charge in [-0.3, -0.25) is 9.59 Å². The maximum atomic E-state index is 12.8. The number of hydrogen-bond donors (Lipinski definition) is 1. The van der Waals surface area contributed by atoms with Crippen LogP contribution in [0.3, 0.4) is 0 Å². The summed E-state index contributed by atoms with van der Waals surface area (Å²) in [5.41, 5.74) is 0. The second kappa shape index (κ2) is 7.01. The Morgan fingerprint density at radius 3 is 2.68 bits per heavy atom. The summed E-state index contributed by atoms with van der Waals surface area (Å²) < 4.78 is 0. The summed E-state index contributed by atoms with van der Waals surface area (Å²) in [7, 11) is 0. The van der Waals surface area contributed by atoms with E-state index in [9.17, 15) is 9.59 Å². The van der Waals surface area contributed by atoms with Crippen molar-refractivity contribution in [2.45, 2.75) is 95.7 Å². The lowest BCUT2D eigenvalue weighted by molar-refractivity contribution is -0.162. The number of likely N-dealkylation sites (tertiary alicyclic amines) is 1. The molecule has 22 heavy (non-hydrogen) atoms. The van der Waals surface area contributed by atoms with Gasteiger partial charge in [-0.15, -0.1) is 0 Å². The van der Waals surface area contributed by atoms with E-state index in [0.717, 1.165) is 51.4 Å². The van der Waals surface area contributed by atoms with Gasteiger partial charge in [-0.2, -0.15) is 0 Å². The van der Waals surface area contributed by atoms with Crippen LogP contribution in [0.15, 0.2) is 0 Å². The molecule has 1 heterocycles. The van der Waals surface area contributed by atoms with E-state index in [1.807, 2.05) is 4.90 Å². The van der Waals surface area contributed by atoms with E-state index < -0.39 is 0 Å². The van der Waals surface area contributed by atoms with Gasteiger partial charge in [-0.05, 0) is 32.1 Å². The predicted molar refractivity (Wildman–Crippen MR) is 86.3 cm³/mol. The molecule has 1 N–H and O–H groups in total. The minimum Gasteiger partial charge on any atom is -0.352 e. The monoisotopic (exact) mass is 306 g/mol. The fraction of sp³-hybridized carbons (Fsp3) is 0.889. The van der Waals surface area contributed by atoms with Gasteiger partial charge in [0, 0.05) is 12.1 Å². The highest BCUT2D eigenvalue weighted by atomic mass is 16.2. The largest absolute Gasteiger partial charge is 0.352 e. The number of fused-ring (bicyclic) bond motifs is 1. The molecular formula is C18H30N2O2. The first-order valence-corrected chi connectivity index (χ1v) is 9.35. The number of unbranched alkanes of at least 4 members (excludes halogenated alkanes) is 1. The molecule has 0 aromatic heterocycles. The Morgan fingerprint density at radius 2 is 1.95 bits per heavy atom. The first kappa shape index (κ1) is 15.8. The zero-order chi connectivity index (χ0) is 15.5. The summed E-state index contributed by atoms with van der Waals surface area (Å²) in [6, 6.07) is 0.473. The minimum atomic E-state index is -0.214. The molecule has 3 rings (SSSR count). The van der Waals surface area contributed by atoms with Gasteiger partial charge < -0.3 is 10.2 Å². The Bertz CT molecular complexity index is 417. The molecule has 3 fully saturated rings. The molecule has 1 aliphatic heterocycles. The molecule has 2 amide bonds. The Labute approximate surface area is 134 Å². The number of nitrogens with one attached hydrogen (secondary N) is 1. The zero-order valence-electron chi connectivity index (χ0n) is 13.9. The lowest BCUT2D eigenvalue weighted by Gasteiger charge is -2.48. The molecule has 2 aliphatic carbocycles. The molecule has 3 unspecified atom stereocenters. The first-order chi connectivity index (χ1) is 10.7. The molecule has 2 saturated carbocycles. The number of carbonyl (C=O) groups is 2. The molecule has 3 aliphatic rings. The van der Waals surface area contributed by atoms with Crippen LogP contribution >= 0.6 is 0 Å². The van der Waals surface area contributed by atoms with Crippen LogP contribution in [0.4, 0.5) is 0 Å². The SMILES string of the molecule is CCCCC(C(=O)NC1CCCCC1)N1C(=O)C2CCCC21. The number of rotatable bonds is 6. The van der Waals surface area contributed by atoms with Crippen LogP contribution in [0, 0.1) is 5.92 Å². The lowest BCUT2D eigenvalue weighted by atomic mass is 9.87.